The van der Waals surface area contributed by atoms with Crippen molar-refractivity contribution in [3.8, 4) is 11.1 Å². The van der Waals surface area contributed by atoms with E-state index in [4.69, 9.17) is 0 Å². The monoisotopic (exact) mass is 373 g/mol. The van der Waals surface area contributed by atoms with Gasteiger partial charge in [0.1, 0.15) is 0 Å². The summed E-state index contributed by atoms with van der Waals surface area (Å²) in [4.78, 5) is 26.2. The van der Waals surface area contributed by atoms with Crippen LogP contribution in [-0.4, -0.2) is 17.5 Å². The number of benzene rings is 2. The Morgan fingerprint density at radius 1 is 1.00 bits per heavy atom. The molecule has 0 spiro atoms. The molecule has 0 unspecified atom stereocenters. The molecule has 0 fully saturated rings. The first-order valence-electron chi connectivity index (χ1n) is 9.37. The Balaban J connectivity index is 1.91. The number of carbonyl (C=O) groups is 1. The number of nitrogens with one attached hydrogen (secondary N) is 1. The third kappa shape index (κ3) is 3.20. The van der Waals surface area contributed by atoms with Crippen LogP contribution in [0.2, 0.25) is 0 Å². The molecule has 1 aliphatic rings. The van der Waals surface area contributed by atoms with Gasteiger partial charge in [0.15, 0.2) is 0 Å². The van der Waals surface area contributed by atoms with E-state index < -0.39 is 0 Å². The first kappa shape index (κ1) is 18.0. The molecule has 4 rings (SSSR count). The molecule has 0 saturated carbocycles. The lowest BCUT2D eigenvalue weighted by Gasteiger charge is -2.28. The summed E-state index contributed by atoms with van der Waals surface area (Å²) < 4.78 is 1.62. The fourth-order valence-corrected chi connectivity index (χ4v) is 3.73. The van der Waals surface area contributed by atoms with Crippen LogP contribution in [0.1, 0.15) is 17.5 Å². The van der Waals surface area contributed by atoms with Gasteiger partial charge in [-0.3, -0.25) is 9.59 Å². The molecule has 5 heteroatoms. The van der Waals surface area contributed by atoms with Crippen molar-refractivity contribution in [2.75, 3.05) is 17.3 Å². The van der Waals surface area contributed by atoms with E-state index >= 15 is 0 Å². The highest BCUT2D eigenvalue weighted by Gasteiger charge is 2.22. The number of fused-ring (bicyclic) bond motifs is 1. The smallest absolute Gasteiger partial charge is 0.253 e. The number of aromatic nitrogens is 1. The third-order valence-electron chi connectivity index (χ3n) is 5.29. The number of anilines is 3. The second kappa shape index (κ2) is 7.00. The van der Waals surface area contributed by atoms with Crippen LogP contribution in [0.25, 0.3) is 11.1 Å². The summed E-state index contributed by atoms with van der Waals surface area (Å²) in [7, 11) is 3.77. The number of aryl methyl sites for hydroxylation is 3. The van der Waals surface area contributed by atoms with Gasteiger partial charge in [-0.25, -0.2) is 0 Å². The SMILES string of the molecule is Cc1cc(-c2cc3c(c(N(C)c4ccccc4)c2)NC(=O)CC3)cn(C)c1=O. The number of amides is 1. The van der Waals surface area contributed by atoms with Crippen LogP contribution >= 0.6 is 0 Å². The zero-order valence-electron chi connectivity index (χ0n) is 16.3. The number of hydrogen-bond donors (Lipinski definition) is 1. The summed E-state index contributed by atoms with van der Waals surface area (Å²) in [5.41, 5.74) is 6.71. The fourth-order valence-electron chi connectivity index (χ4n) is 3.73. The molecule has 142 valence electrons. The van der Waals surface area contributed by atoms with Gasteiger partial charge in [-0.05, 0) is 60.4 Å². The molecule has 28 heavy (non-hydrogen) atoms. The first-order valence-corrected chi connectivity index (χ1v) is 9.37. The van der Waals surface area contributed by atoms with Crippen LogP contribution in [0, 0.1) is 6.92 Å². The van der Waals surface area contributed by atoms with Crippen molar-refractivity contribution in [2.24, 2.45) is 7.05 Å². The molecule has 1 N–H and O–H groups in total. The van der Waals surface area contributed by atoms with Gasteiger partial charge >= 0.3 is 0 Å². The average molecular weight is 373 g/mol. The number of nitrogens with zero attached hydrogens (tertiary/aromatic N) is 2. The van der Waals surface area contributed by atoms with Crippen LogP contribution in [-0.2, 0) is 18.3 Å². The Kier molecular flexibility index (Phi) is 4.51. The van der Waals surface area contributed by atoms with Gasteiger partial charge < -0.3 is 14.8 Å². The van der Waals surface area contributed by atoms with Crippen molar-refractivity contribution in [2.45, 2.75) is 19.8 Å². The molecule has 0 aliphatic carbocycles. The van der Waals surface area contributed by atoms with E-state index in [0.717, 1.165) is 33.8 Å². The Morgan fingerprint density at radius 3 is 2.46 bits per heavy atom. The van der Waals surface area contributed by atoms with Crippen molar-refractivity contribution in [3.05, 3.63) is 76.2 Å². The van der Waals surface area contributed by atoms with Crippen LogP contribution in [0.15, 0.2) is 59.5 Å². The predicted octanol–water partition coefficient (Wildman–Crippen LogP) is 4.01. The van der Waals surface area contributed by atoms with E-state index in [-0.39, 0.29) is 11.5 Å². The minimum atomic E-state index is 0.00982. The maximum absolute atomic E-state index is 12.1. The lowest BCUT2D eigenvalue weighted by Crippen LogP contribution is -2.22. The predicted molar refractivity (Wildman–Crippen MR) is 113 cm³/mol. The first-order chi connectivity index (χ1) is 13.4. The maximum Gasteiger partial charge on any atom is 0.253 e. The van der Waals surface area contributed by atoms with Gasteiger partial charge in [0, 0.05) is 38.0 Å². The zero-order valence-corrected chi connectivity index (χ0v) is 16.3. The lowest BCUT2D eigenvalue weighted by molar-refractivity contribution is -0.116. The highest BCUT2D eigenvalue weighted by atomic mass is 16.1. The largest absolute Gasteiger partial charge is 0.343 e. The normalized spacial score (nSPS) is 13.0. The highest BCUT2D eigenvalue weighted by molar-refractivity contribution is 5.99. The van der Waals surface area contributed by atoms with Crippen LogP contribution in [0.4, 0.5) is 17.1 Å². The topological polar surface area (TPSA) is 54.3 Å². The molecule has 1 amide bonds. The zero-order chi connectivity index (χ0) is 19.8. The van der Waals surface area contributed by atoms with Gasteiger partial charge in [0.05, 0.1) is 11.4 Å². The van der Waals surface area contributed by atoms with Gasteiger partial charge in [-0.1, -0.05) is 18.2 Å². The van der Waals surface area contributed by atoms with E-state index in [0.29, 0.717) is 18.4 Å². The van der Waals surface area contributed by atoms with Gasteiger partial charge in [0.25, 0.3) is 5.56 Å². The lowest BCUT2D eigenvalue weighted by atomic mass is 9.95. The van der Waals surface area contributed by atoms with E-state index in [1.165, 1.54) is 0 Å². The van der Waals surface area contributed by atoms with Crippen molar-refractivity contribution in [3.63, 3.8) is 0 Å². The maximum atomic E-state index is 12.1. The van der Waals surface area contributed by atoms with E-state index in [1.807, 2.05) is 56.6 Å². The highest BCUT2D eigenvalue weighted by Crippen LogP contribution is 2.40. The molecule has 5 nitrogen and oxygen atoms in total. The molecule has 0 bridgehead atoms. The molecule has 2 heterocycles. The summed E-state index contributed by atoms with van der Waals surface area (Å²) in [6, 6.07) is 16.2. The van der Waals surface area contributed by atoms with Crippen LogP contribution in [0.3, 0.4) is 0 Å². The van der Waals surface area contributed by atoms with Crippen molar-refractivity contribution in [1.82, 2.24) is 4.57 Å². The Hall–Kier alpha value is -3.34. The summed E-state index contributed by atoms with van der Waals surface area (Å²) in [6.45, 7) is 1.83. The second-order valence-electron chi connectivity index (χ2n) is 7.30. The number of pyridine rings is 1. The number of hydrogen-bond acceptors (Lipinski definition) is 3. The van der Waals surface area contributed by atoms with Crippen LogP contribution in [0.5, 0.6) is 0 Å². The third-order valence-corrected chi connectivity index (χ3v) is 5.29. The quantitative estimate of drug-likeness (QED) is 0.755. The average Bonchev–Trinajstić information content (AvgIpc) is 2.71. The standard InChI is InChI=1S/C23H23N3O2/c1-15-11-18(14-25(2)23(15)28)17-12-16-9-10-21(27)24-22(16)20(13-17)26(3)19-7-5-4-6-8-19/h4-8,11-14H,9-10H2,1-3H3,(H,24,27). The van der Waals surface area contributed by atoms with Gasteiger partial charge in [-0.15, -0.1) is 0 Å². The Bertz CT molecular complexity index is 1090. The van der Waals surface area contributed by atoms with E-state index in [9.17, 15) is 9.59 Å². The summed E-state index contributed by atoms with van der Waals surface area (Å²) in [5, 5.41) is 3.05. The molecular formula is C23H23N3O2. The number of para-hydroxylation sites is 1. The van der Waals surface area contributed by atoms with E-state index in [1.54, 1.807) is 11.6 Å². The van der Waals surface area contributed by atoms with Crippen molar-refractivity contribution in [1.29, 1.82) is 0 Å². The molecular weight excluding hydrogens is 350 g/mol. The summed E-state index contributed by atoms with van der Waals surface area (Å²) in [5.74, 6) is 0.0425. The number of carbonyl (C=O) groups excluding carboxylic acids is 1. The van der Waals surface area contributed by atoms with Crippen molar-refractivity contribution < 1.29 is 4.79 Å². The fraction of sp³-hybridized carbons (Fsp3) is 0.217. The minimum absolute atomic E-state index is 0.00982. The summed E-state index contributed by atoms with van der Waals surface area (Å²) in [6.07, 6.45) is 3.05. The Labute approximate surface area is 164 Å². The molecule has 1 aromatic heterocycles. The van der Waals surface area contributed by atoms with Crippen molar-refractivity contribution >= 4 is 23.0 Å². The molecule has 1 aliphatic heterocycles. The molecule has 0 atom stereocenters. The van der Waals surface area contributed by atoms with E-state index in [2.05, 4.69) is 22.3 Å². The molecule has 3 aromatic rings. The van der Waals surface area contributed by atoms with Gasteiger partial charge in [-0.2, -0.15) is 0 Å². The summed E-state index contributed by atoms with van der Waals surface area (Å²) >= 11 is 0. The molecule has 0 radical (unpaired) electrons. The van der Waals surface area contributed by atoms with Crippen LogP contribution < -0.4 is 15.8 Å². The minimum Gasteiger partial charge on any atom is -0.343 e. The molecule has 2 aromatic carbocycles. The Morgan fingerprint density at radius 2 is 1.75 bits per heavy atom. The second-order valence-corrected chi connectivity index (χ2v) is 7.30. The van der Waals surface area contributed by atoms with Gasteiger partial charge in [0.2, 0.25) is 5.91 Å². The molecule has 0 saturated heterocycles. The number of rotatable bonds is 3.